The van der Waals surface area contributed by atoms with Crippen LogP contribution in [0.15, 0.2) is 54.6 Å². The molecule has 10 heteroatoms. The molecule has 1 atom stereocenters. The van der Waals surface area contributed by atoms with E-state index in [9.17, 15) is 9.59 Å². The number of ether oxygens (including phenoxy) is 3. The van der Waals surface area contributed by atoms with Gasteiger partial charge in [-0.05, 0) is 105 Å². The van der Waals surface area contributed by atoms with E-state index in [4.69, 9.17) is 25.8 Å². The van der Waals surface area contributed by atoms with Gasteiger partial charge in [0.15, 0.2) is 11.5 Å². The minimum Gasteiger partial charge on any atom is -0.493 e. The van der Waals surface area contributed by atoms with Crippen molar-refractivity contribution in [3.63, 3.8) is 0 Å². The summed E-state index contributed by atoms with van der Waals surface area (Å²) in [5.41, 5.74) is 3.53. The maximum absolute atomic E-state index is 15.9. The molecule has 0 saturated heterocycles. The third-order valence-electron chi connectivity index (χ3n) is 8.90. The van der Waals surface area contributed by atoms with E-state index in [0.29, 0.717) is 40.4 Å². The van der Waals surface area contributed by atoms with Crippen molar-refractivity contribution in [2.24, 2.45) is 5.92 Å². The van der Waals surface area contributed by atoms with E-state index in [1.807, 2.05) is 56.1 Å². The van der Waals surface area contributed by atoms with Crippen LogP contribution >= 0.6 is 11.6 Å². The van der Waals surface area contributed by atoms with Crippen LogP contribution in [0.5, 0.6) is 11.5 Å². The molecule has 5 rings (SSSR count). The number of nitrogens with zero attached hydrogens (tertiary/aromatic N) is 2. The van der Waals surface area contributed by atoms with Crippen LogP contribution in [0.25, 0.3) is 0 Å². The van der Waals surface area contributed by atoms with Crippen LogP contribution in [0.2, 0.25) is 5.02 Å². The number of halogens is 2. The summed E-state index contributed by atoms with van der Waals surface area (Å²) < 4.78 is 32.3. The zero-order valence-electron chi connectivity index (χ0n) is 27.1. The molecule has 3 aromatic rings. The minimum atomic E-state index is -0.528. The summed E-state index contributed by atoms with van der Waals surface area (Å²) >= 11 is 6.24. The van der Waals surface area contributed by atoms with Crippen LogP contribution in [0.1, 0.15) is 62.3 Å². The number of benzene rings is 3. The highest BCUT2D eigenvalue weighted by Gasteiger charge is 2.36. The summed E-state index contributed by atoms with van der Waals surface area (Å²) in [5, 5.41) is 3.85. The fraction of sp³-hybridized carbons (Fsp3) is 0.444. The third kappa shape index (κ3) is 7.58. The first-order valence-corrected chi connectivity index (χ1v) is 16.2. The van der Waals surface area contributed by atoms with Gasteiger partial charge in [0.25, 0.3) is 0 Å². The highest BCUT2D eigenvalue weighted by Crippen LogP contribution is 2.44. The molecule has 0 bridgehead atoms. The molecule has 1 aliphatic heterocycles. The molecule has 0 aromatic heterocycles. The summed E-state index contributed by atoms with van der Waals surface area (Å²) in [4.78, 5) is 28.9. The lowest BCUT2D eigenvalue weighted by Crippen LogP contribution is -2.41. The van der Waals surface area contributed by atoms with Gasteiger partial charge in [-0.25, -0.2) is 4.39 Å². The number of amides is 1. The van der Waals surface area contributed by atoms with E-state index in [2.05, 4.69) is 5.32 Å². The molecule has 46 heavy (non-hydrogen) atoms. The Bertz CT molecular complexity index is 1540. The Morgan fingerprint density at radius 2 is 1.76 bits per heavy atom. The van der Waals surface area contributed by atoms with Gasteiger partial charge in [-0.2, -0.15) is 0 Å². The van der Waals surface area contributed by atoms with Gasteiger partial charge in [0, 0.05) is 30.3 Å². The van der Waals surface area contributed by atoms with Gasteiger partial charge in [0.1, 0.15) is 5.82 Å². The molecule has 246 valence electrons. The van der Waals surface area contributed by atoms with Crippen molar-refractivity contribution in [1.82, 2.24) is 5.32 Å². The van der Waals surface area contributed by atoms with Crippen molar-refractivity contribution < 1.29 is 28.2 Å². The molecule has 1 N–H and O–H groups in total. The second-order valence-electron chi connectivity index (χ2n) is 12.5. The van der Waals surface area contributed by atoms with Crippen molar-refractivity contribution in [3.8, 4) is 11.5 Å². The second kappa shape index (κ2) is 14.7. The molecule has 1 saturated carbocycles. The van der Waals surface area contributed by atoms with Crippen molar-refractivity contribution in [2.45, 2.75) is 64.1 Å². The number of methoxy groups -OCH3 is 2. The Hall–Kier alpha value is -3.82. The number of nitrogens with one attached hydrogen (secondary N) is 1. The highest BCUT2D eigenvalue weighted by atomic mass is 35.5. The number of rotatable bonds is 11. The smallest absolute Gasteiger partial charge is 0.319 e. The lowest BCUT2D eigenvalue weighted by molar-refractivity contribution is -0.139. The van der Waals surface area contributed by atoms with Crippen molar-refractivity contribution in [2.75, 3.05) is 44.2 Å². The maximum Gasteiger partial charge on any atom is 0.319 e. The van der Waals surface area contributed by atoms with Crippen LogP contribution in [-0.2, 0) is 20.7 Å². The van der Waals surface area contributed by atoms with Gasteiger partial charge in [0.2, 0.25) is 5.91 Å². The Balaban J connectivity index is 1.39. The predicted octanol–water partition coefficient (Wildman–Crippen LogP) is 6.71. The van der Waals surface area contributed by atoms with E-state index in [0.717, 1.165) is 42.4 Å². The van der Waals surface area contributed by atoms with Crippen molar-refractivity contribution >= 4 is 34.9 Å². The molecular formula is C36H43ClFN3O5. The molecule has 1 heterocycles. The first kappa shape index (κ1) is 33.5. The lowest BCUT2D eigenvalue weighted by atomic mass is 9.85. The summed E-state index contributed by atoms with van der Waals surface area (Å²) in [6.07, 6.45) is 3.94. The summed E-state index contributed by atoms with van der Waals surface area (Å²) in [7, 11) is 4.88. The third-order valence-corrected chi connectivity index (χ3v) is 9.15. The monoisotopic (exact) mass is 651 g/mol. The minimum absolute atomic E-state index is 0.0841. The predicted molar refractivity (Wildman–Crippen MR) is 179 cm³/mol. The molecule has 1 fully saturated rings. The normalized spacial score (nSPS) is 19.5. The standard InChI is InChI=1S/C36H43ClFN3O5/c1-22(2)46-33-19-29-25(16-32(33)44-4)17-34(42)41(36(29)24-8-10-26(37)11-9-24)28-14-15-31(30(38)18-28)40(3)21-23-6-12-27(13-7-23)39-20-35(43)45-5/h8-11,14-16,18-19,22-23,27,36,39H,6-7,12-13,17,20-21H2,1-5H3/t23-,27-,36-/m0/s1. The molecule has 1 aliphatic carbocycles. The van der Waals surface area contributed by atoms with E-state index in [-0.39, 0.29) is 42.8 Å². The highest BCUT2D eigenvalue weighted by molar-refractivity contribution is 6.30. The SMILES string of the molecule is COC(=O)CN[C@H]1CC[C@H](CN(C)c2ccc(N3C(=O)Cc4cc(OC)c(OC(C)C)cc4[C@@H]3c3ccc(Cl)cc3)cc2F)CC1. The van der Waals surface area contributed by atoms with Gasteiger partial charge in [0.05, 0.1) is 45.0 Å². The topological polar surface area (TPSA) is 80.3 Å². The van der Waals surface area contributed by atoms with Crippen molar-refractivity contribution in [1.29, 1.82) is 0 Å². The number of carbonyl (C=O) groups excluding carboxylic acids is 2. The number of hydrogen-bond acceptors (Lipinski definition) is 7. The van der Waals surface area contributed by atoms with E-state index in [1.165, 1.54) is 13.2 Å². The molecule has 0 spiro atoms. The molecule has 2 aliphatic rings. The number of anilines is 2. The Morgan fingerprint density at radius 1 is 1.04 bits per heavy atom. The number of fused-ring (bicyclic) bond motifs is 1. The second-order valence-corrected chi connectivity index (χ2v) is 12.9. The average molecular weight is 652 g/mol. The molecule has 8 nitrogen and oxygen atoms in total. The Kier molecular flexibility index (Phi) is 10.7. The van der Waals surface area contributed by atoms with Gasteiger partial charge < -0.3 is 29.3 Å². The number of esters is 1. The summed E-state index contributed by atoms with van der Waals surface area (Å²) in [6, 6.07) is 16.0. The first-order chi connectivity index (χ1) is 22.1. The van der Waals surface area contributed by atoms with Crippen LogP contribution in [0.3, 0.4) is 0 Å². The fourth-order valence-corrected chi connectivity index (χ4v) is 6.74. The lowest BCUT2D eigenvalue weighted by Gasteiger charge is -2.38. The van der Waals surface area contributed by atoms with E-state index >= 15 is 4.39 Å². The van der Waals surface area contributed by atoms with Crippen LogP contribution in [-0.4, -0.2) is 58.4 Å². The number of carbonyl (C=O) groups is 2. The van der Waals surface area contributed by atoms with Crippen LogP contribution < -0.4 is 24.6 Å². The van der Waals surface area contributed by atoms with E-state index in [1.54, 1.807) is 30.2 Å². The zero-order valence-corrected chi connectivity index (χ0v) is 27.9. The van der Waals surface area contributed by atoms with Gasteiger partial charge in [-0.3, -0.25) is 9.59 Å². The first-order valence-electron chi connectivity index (χ1n) is 15.8. The molecule has 1 amide bonds. The van der Waals surface area contributed by atoms with Gasteiger partial charge in [-0.1, -0.05) is 23.7 Å². The zero-order chi connectivity index (χ0) is 33.0. The van der Waals surface area contributed by atoms with Gasteiger partial charge in [-0.15, -0.1) is 0 Å². The Labute approximate surface area is 275 Å². The summed E-state index contributed by atoms with van der Waals surface area (Å²) in [6.45, 7) is 4.82. The van der Waals surface area contributed by atoms with Crippen LogP contribution in [0.4, 0.5) is 15.8 Å². The maximum atomic E-state index is 15.9. The number of hydrogen-bond donors (Lipinski definition) is 1. The average Bonchev–Trinajstić information content (AvgIpc) is 3.03. The quantitative estimate of drug-likeness (QED) is 0.231. The largest absolute Gasteiger partial charge is 0.493 e. The fourth-order valence-electron chi connectivity index (χ4n) is 6.62. The molecule has 0 unspecified atom stereocenters. The molecule has 3 aromatic carbocycles. The van der Waals surface area contributed by atoms with E-state index < -0.39 is 6.04 Å². The molecular weight excluding hydrogens is 609 g/mol. The van der Waals surface area contributed by atoms with Gasteiger partial charge >= 0.3 is 5.97 Å². The summed E-state index contributed by atoms with van der Waals surface area (Å²) in [5.74, 6) is 0.759. The van der Waals surface area contributed by atoms with Crippen LogP contribution in [0, 0.1) is 11.7 Å². The van der Waals surface area contributed by atoms with Crippen molar-refractivity contribution in [3.05, 3.63) is 82.1 Å². The molecule has 0 radical (unpaired) electrons. The Morgan fingerprint density at radius 3 is 2.39 bits per heavy atom.